The molecule has 2 aliphatic heterocycles. The van der Waals surface area contributed by atoms with Gasteiger partial charge in [0, 0.05) is 12.0 Å². The molecule has 2 saturated heterocycles. The number of halogens is 1. The Morgan fingerprint density at radius 2 is 2.33 bits per heavy atom. The molecule has 0 saturated carbocycles. The third kappa shape index (κ3) is 2.28. The van der Waals surface area contributed by atoms with Gasteiger partial charge in [-0.3, -0.25) is 5.32 Å². The van der Waals surface area contributed by atoms with Crippen LogP contribution in [0.1, 0.15) is 13.3 Å². The van der Waals surface area contributed by atoms with Gasteiger partial charge in [0.1, 0.15) is 6.23 Å². The molecule has 2 rings (SSSR count). The van der Waals surface area contributed by atoms with Crippen LogP contribution in [-0.4, -0.2) is 30.4 Å². The summed E-state index contributed by atoms with van der Waals surface area (Å²) in [6.07, 6.45) is 1.69. The largest absolute Gasteiger partial charge is 0.361 e. The first kappa shape index (κ1) is 10.6. The van der Waals surface area contributed by atoms with Crippen LogP contribution in [0.3, 0.4) is 0 Å². The van der Waals surface area contributed by atoms with Gasteiger partial charge in [-0.15, -0.1) is 12.4 Å². The molecule has 2 aliphatic rings. The lowest BCUT2D eigenvalue weighted by Gasteiger charge is -2.16. The minimum atomic E-state index is 0. The number of ether oxygens (including phenoxy) is 1. The lowest BCUT2D eigenvalue weighted by atomic mass is 10.1. The molecule has 4 heteroatoms. The van der Waals surface area contributed by atoms with Gasteiger partial charge in [0.05, 0.1) is 6.61 Å². The van der Waals surface area contributed by atoms with E-state index in [9.17, 15) is 0 Å². The van der Waals surface area contributed by atoms with E-state index in [1.54, 1.807) is 0 Å². The van der Waals surface area contributed by atoms with Gasteiger partial charge in [0.25, 0.3) is 0 Å². The molecule has 3 unspecified atom stereocenters. The third-order valence-electron chi connectivity index (χ3n) is 2.37. The van der Waals surface area contributed by atoms with Crippen LogP contribution >= 0.6 is 24.2 Å². The van der Waals surface area contributed by atoms with Crippen molar-refractivity contribution in [2.75, 3.05) is 18.1 Å². The lowest BCUT2D eigenvalue weighted by Crippen LogP contribution is -2.34. The minimum absolute atomic E-state index is 0. The molecule has 0 bridgehead atoms. The van der Waals surface area contributed by atoms with Crippen molar-refractivity contribution in [2.45, 2.75) is 25.6 Å². The SMILES string of the molecule is CC1COC(C2CCSC2)N1.Cl. The average Bonchev–Trinajstić information content (AvgIpc) is 2.55. The van der Waals surface area contributed by atoms with Gasteiger partial charge in [-0.1, -0.05) is 0 Å². The van der Waals surface area contributed by atoms with Crippen LogP contribution in [0.25, 0.3) is 0 Å². The summed E-state index contributed by atoms with van der Waals surface area (Å²) < 4.78 is 5.62. The van der Waals surface area contributed by atoms with Crippen LogP contribution in [0.5, 0.6) is 0 Å². The molecule has 2 nitrogen and oxygen atoms in total. The van der Waals surface area contributed by atoms with E-state index >= 15 is 0 Å². The molecule has 0 radical (unpaired) electrons. The van der Waals surface area contributed by atoms with Gasteiger partial charge in [0.2, 0.25) is 0 Å². The molecule has 0 spiro atoms. The minimum Gasteiger partial charge on any atom is -0.361 e. The van der Waals surface area contributed by atoms with E-state index in [1.807, 2.05) is 0 Å². The van der Waals surface area contributed by atoms with Crippen LogP contribution < -0.4 is 5.32 Å². The Kier molecular flexibility index (Phi) is 4.17. The summed E-state index contributed by atoms with van der Waals surface area (Å²) in [5, 5.41) is 3.46. The highest BCUT2D eigenvalue weighted by atomic mass is 35.5. The number of hydrogen-bond donors (Lipinski definition) is 1. The zero-order valence-electron chi connectivity index (χ0n) is 7.29. The van der Waals surface area contributed by atoms with E-state index in [2.05, 4.69) is 24.0 Å². The van der Waals surface area contributed by atoms with Crippen molar-refractivity contribution in [2.24, 2.45) is 5.92 Å². The van der Waals surface area contributed by atoms with Crippen LogP contribution in [0.4, 0.5) is 0 Å². The topological polar surface area (TPSA) is 21.3 Å². The molecule has 12 heavy (non-hydrogen) atoms. The molecule has 0 aromatic heterocycles. The van der Waals surface area contributed by atoms with E-state index < -0.39 is 0 Å². The number of rotatable bonds is 1. The molecule has 0 aromatic carbocycles. The fraction of sp³-hybridized carbons (Fsp3) is 1.00. The summed E-state index contributed by atoms with van der Waals surface area (Å²) in [7, 11) is 0. The fourth-order valence-electron chi connectivity index (χ4n) is 1.69. The zero-order chi connectivity index (χ0) is 7.68. The van der Waals surface area contributed by atoms with Crippen molar-refractivity contribution in [3.05, 3.63) is 0 Å². The van der Waals surface area contributed by atoms with Crippen molar-refractivity contribution in [3.63, 3.8) is 0 Å². The molecule has 0 aliphatic carbocycles. The van der Waals surface area contributed by atoms with Crippen LogP contribution in [0, 0.1) is 5.92 Å². The maximum atomic E-state index is 5.62. The maximum Gasteiger partial charge on any atom is 0.112 e. The van der Waals surface area contributed by atoms with E-state index in [-0.39, 0.29) is 12.4 Å². The number of thioether (sulfide) groups is 1. The molecule has 0 amide bonds. The van der Waals surface area contributed by atoms with Gasteiger partial charge in [-0.25, -0.2) is 0 Å². The summed E-state index contributed by atoms with van der Waals surface area (Å²) in [4.78, 5) is 0. The van der Waals surface area contributed by atoms with Gasteiger partial charge in [-0.05, 0) is 24.9 Å². The molecule has 2 heterocycles. The Morgan fingerprint density at radius 3 is 2.83 bits per heavy atom. The monoisotopic (exact) mass is 209 g/mol. The van der Waals surface area contributed by atoms with Gasteiger partial charge in [0.15, 0.2) is 0 Å². The Hall–Kier alpha value is 0.560. The van der Waals surface area contributed by atoms with Gasteiger partial charge >= 0.3 is 0 Å². The lowest BCUT2D eigenvalue weighted by molar-refractivity contribution is 0.0608. The fourth-order valence-corrected chi connectivity index (χ4v) is 2.97. The summed E-state index contributed by atoms with van der Waals surface area (Å²) in [6.45, 7) is 3.08. The number of hydrogen-bond acceptors (Lipinski definition) is 3. The molecule has 72 valence electrons. The Labute approximate surface area is 84.2 Å². The molecular weight excluding hydrogens is 194 g/mol. The Bertz CT molecular complexity index is 141. The van der Waals surface area contributed by atoms with Gasteiger partial charge in [-0.2, -0.15) is 11.8 Å². The predicted octanol–water partition coefficient (Wildman–Crippen LogP) is 1.50. The van der Waals surface area contributed by atoms with Crippen molar-refractivity contribution in [1.82, 2.24) is 5.32 Å². The Balaban J connectivity index is 0.000000720. The maximum absolute atomic E-state index is 5.62. The summed E-state index contributed by atoms with van der Waals surface area (Å²) in [6, 6.07) is 0.561. The van der Waals surface area contributed by atoms with Crippen molar-refractivity contribution in [1.29, 1.82) is 0 Å². The summed E-state index contributed by atoms with van der Waals surface area (Å²) in [5.41, 5.74) is 0. The molecule has 1 N–H and O–H groups in total. The highest BCUT2D eigenvalue weighted by Gasteiger charge is 2.30. The Morgan fingerprint density at radius 1 is 1.50 bits per heavy atom. The third-order valence-corrected chi connectivity index (χ3v) is 3.56. The van der Waals surface area contributed by atoms with E-state index in [4.69, 9.17) is 4.74 Å². The summed E-state index contributed by atoms with van der Waals surface area (Å²) >= 11 is 2.05. The highest BCUT2D eigenvalue weighted by molar-refractivity contribution is 7.99. The molecule has 2 fully saturated rings. The quantitative estimate of drug-likeness (QED) is 0.708. The van der Waals surface area contributed by atoms with E-state index in [0.29, 0.717) is 12.3 Å². The first-order chi connectivity index (χ1) is 5.36. The first-order valence-electron chi connectivity index (χ1n) is 4.31. The number of nitrogens with one attached hydrogen (secondary N) is 1. The summed E-state index contributed by atoms with van der Waals surface area (Å²) in [5.74, 6) is 3.37. The second-order valence-electron chi connectivity index (χ2n) is 3.45. The van der Waals surface area contributed by atoms with E-state index in [0.717, 1.165) is 12.5 Å². The van der Waals surface area contributed by atoms with Crippen LogP contribution in [-0.2, 0) is 4.74 Å². The molecular formula is C8H16ClNOS. The zero-order valence-corrected chi connectivity index (χ0v) is 8.92. The first-order valence-corrected chi connectivity index (χ1v) is 5.47. The van der Waals surface area contributed by atoms with Crippen molar-refractivity contribution < 1.29 is 4.74 Å². The van der Waals surface area contributed by atoms with Crippen LogP contribution in [0.2, 0.25) is 0 Å². The predicted molar refractivity (Wildman–Crippen MR) is 55.0 cm³/mol. The average molecular weight is 210 g/mol. The standard InChI is InChI=1S/C8H15NOS.ClH/c1-6-4-10-8(9-6)7-2-3-11-5-7;/h6-9H,2-5H2,1H3;1H. The smallest absolute Gasteiger partial charge is 0.112 e. The molecule has 3 atom stereocenters. The normalized spacial score (nSPS) is 41.2. The molecule has 0 aromatic rings. The van der Waals surface area contributed by atoms with Crippen molar-refractivity contribution in [3.8, 4) is 0 Å². The van der Waals surface area contributed by atoms with Crippen molar-refractivity contribution >= 4 is 24.2 Å². The van der Waals surface area contributed by atoms with Crippen LogP contribution in [0.15, 0.2) is 0 Å². The second-order valence-corrected chi connectivity index (χ2v) is 4.60. The van der Waals surface area contributed by atoms with Gasteiger partial charge < -0.3 is 4.74 Å². The second kappa shape index (κ2) is 4.70. The highest BCUT2D eigenvalue weighted by Crippen LogP contribution is 2.28. The van der Waals surface area contributed by atoms with E-state index in [1.165, 1.54) is 17.9 Å².